The van der Waals surface area contributed by atoms with Gasteiger partial charge in [0.25, 0.3) is 0 Å². The molecule has 2 aromatic carbocycles. The Morgan fingerprint density at radius 3 is 2.74 bits per heavy atom. The summed E-state index contributed by atoms with van der Waals surface area (Å²) in [6.07, 6.45) is -2.67. The predicted octanol–water partition coefficient (Wildman–Crippen LogP) is 5.29. The molecule has 0 radical (unpaired) electrons. The maximum Gasteiger partial charge on any atom is 0.420 e. The van der Waals surface area contributed by atoms with Crippen LogP contribution in [-0.2, 0) is 6.42 Å². The topological polar surface area (TPSA) is 54.4 Å². The molecule has 2 N–H and O–H groups in total. The minimum absolute atomic E-state index is 0.357. The molecule has 4 nitrogen and oxygen atoms in total. The first-order valence-electron chi connectivity index (χ1n) is 9.89. The van der Waals surface area contributed by atoms with E-state index in [2.05, 4.69) is 10.3 Å². The van der Waals surface area contributed by atoms with Gasteiger partial charge in [-0.2, -0.15) is 24.9 Å². The molecule has 0 bridgehead atoms. The fraction of sp³-hybridized carbons (Fsp3) is 0.348. The number of alkyl halides is 3. The quantitative estimate of drug-likeness (QED) is 0.537. The highest BCUT2D eigenvalue weighted by molar-refractivity contribution is 7.98. The Bertz CT molecular complexity index is 1110. The van der Waals surface area contributed by atoms with E-state index in [0.29, 0.717) is 40.9 Å². The van der Waals surface area contributed by atoms with E-state index in [1.807, 2.05) is 25.1 Å². The van der Waals surface area contributed by atoms with E-state index in [-0.39, 0.29) is 0 Å². The van der Waals surface area contributed by atoms with Crippen molar-refractivity contribution < 1.29 is 23.0 Å². The molecule has 0 aliphatic carbocycles. The summed E-state index contributed by atoms with van der Waals surface area (Å²) in [4.78, 5) is 4.47. The second-order valence-electron chi connectivity index (χ2n) is 7.72. The Hall–Kier alpha value is -2.45. The van der Waals surface area contributed by atoms with Crippen molar-refractivity contribution in [2.24, 2.45) is 0 Å². The minimum atomic E-state index is -4.84. The second kappa shape index (κ2) is 8.24. The van der Waals surface area contributed by atoms with E-state index >= 15 is 0 Å². The summed E-state index contributed by atoms with van der Waals surface area (Å²) >= 11 is 0.953. The molecule has 3 aromatic rings. The Morgan fingerprint density at radius 1 is 1.19 bits per heavy atom. The fourth-order valence-corrected chi connectivity index (χ4v) is 4.72. The molecule has 2 unspecified atom stereocenters. The monoisotopic (exact) mass is 448 g/mol. The molecule has 4 rings (SSSR count). The molecule has 2 heterocycles. The molecule has 1 aromatic heterocycles. The molecule has 0 saturated carbocycles. The van der Waals surface area contributed by atoms with Crippen LogP contribution in [-0.4, -0.2) is 40.5 Å². The summed E-state index contributed by atoms with van der Waals surface area (Å²) < 4.78 is 48.2. The molecule has 0 saturated heterocycles. The van der Waals surface area contributed by atoms with Gasteiger partial charge in [0.15, 0.2) is 5.60 Å². The van der Waals surface area contributed by atoms with Gasteiger partial charge in [0.05, 0.1) is 18.2 Å². The van der Waals surface area contributed by atoms with Gasteiger partial charge < -0.3 is 15.2 Å². The lowest BCUT2D eigenvalue weighted by atomic mass is 9.87. The average Bonchev–Trinajstić information content (AvgIpc) is 3.18. The van der Waals surface area contributed by atoms with Crippen LogP contribution in [0.5, 0.6) is 5.75 Å². The van der Waals surface area contributed by atoms with Gasteiger partial charge in [0, 0.05) is 28.9 Å². The number of aromatic nitrogens is 1. The highest BCUT2D eigenvalue weighted by Gasteiger charge is 2.59. The van der Waals surface area contributed by atoms with Gasteiger partial charge in [-0.1, -0.05) is 12.1 Å². The zero-order valence-corrected chi connectivity index (χ0v) is 18.0. The molecular weight excluding hydrogens is 425 g/mol. The third-order valence-corrected chi connectivity index (χ3v) is 6.28. The van der Waals surface area contributed by atoms with Gasteiger partial charge >= 0.3 is 6.18 Å². The van der Waals surface area contributed by atoms with Crippen molar-refractivity contribution in [3.05, 3.63) is 65.4 Å². The maximum absolute atomic E-state index is 14.2. The number of aryl methyl sites for hydroxylation is 1. The summed E-state index contributed by atoms with van der Waals surface area (Å²) in [6, 6.07) is 12.4. The summed E-state index contributed by atoms with van der Waals surface area (Å²) in [5.74, 6) is 0.164. The van der Waals surface area contributed by atoms with Gasteiger partial charge in [-0.05, 0) is 60.7 Å². The lowest BCUT2D eigenvalue weighted by molar-refractivity contribution is -0.256. The number of rotatable bonds is 6. The van der Waals surface area contributed by atoms with Gasteiger partial charge in [-0.15, -0.1) is 0 Å². The van der Waals surface area contributed by atoms with Crippen molar-refractivity contribution in [3.8, 4) is 5.75 Å². The lowest BCUT2D eigenvalue weighted by Gasteiger charge is -2.38. The lowest BCUT2D eigenvalue weighted by Crippen LogP contribution is -2.54. The SMILES string of the molecule is CSCC(O)(C(Nc1cccc2nc(C)ccc12)c1ccc2c(c1)CCO2)C(F)(F)F. The first-order valence-corrected chi connectivity index (χ1v) is 11.3. The third-order valence-electron chi connectivity index (χ3n) is 5.55. The second-order valence-corrected chi connectivity index (χ2v) is 8.59. The van der Waals surface area contributed by atoms with E-state index < -0.39 is 23.6 Å². The number of nitrogens with zero attached hydrogens (tertiary/aromatic N) is 1. The molecule has 8 heteroatoms. The van der Waals surface area contributed by atoms with Crippen LogP contribution >= 0.6 is 11.8 Å². The number of fused-ring (bicyclic) bond motifs is 2. The molecule has 31 heavy (non-hydrogen) atoms. The zero-order chi connectivity index (χ0) is 22.2. The van der Waals surface area contributed by atoms with Gasteiger partial charge in [0.2, 0.25) is 0 Å². The van der Waals surface area contributed by atoms with E-state index in [0.717, 1.165) is 23.0 Å². The van der Waals surface area contributed by atoms with Crippen molar-refractivity contribution in [3.63, 3.8) is 0 Å². The van der Waals surface area contributed by atoms with E-state index in [4.69, 9.17) is 4.74 Å². The van der Waals surface area contributed by atoms with Crippen molar-refractivity contribution in [1.29, 1.82) is 0 Å². The molecule has 1 aliphatic heterocycles. The number of pyridine rings is 1. The van der Waals surface area contributed by atoms with Crippen LogP contribution in [0.2, 0.25) is 0 Å². The van der Waals surface area contributed by atoms with Crippen LogP contribution in [0.4, 0.5) is 18.9 Å². The normalized spacial score (nSPS) is 16.5. The van der Waals surface area contributed by atoms with Crippen LogP contribution in [0.15, 0.2) is 48.5 Å². The van der Waals surface area contributed by atoms with E-state index in [9.17, 15) is 18.3 Å². The third kappa shape index (κ3) is 4.06. The highest BCUT2D eigenvalue weighted by atomic mass is 32.2. The number of nitrogens with one attached hydrogen (secondary N) is 1. The molecule has 1 aliphatic rings. The summed E-state index contributed by atoms with van der Waals surface area (Å²) in [6.45, 7) is 2.36. The molecule has 0 fully saturated rings. The van der Waals surface area contributed by atoms with Crippen molar-refractivity contribution in [2.75, 3.05) is 23.9 Å². The first kappa shape index (κ1) is 21.8. The van der Waals surface area contributed by atoms with Crippen LogP contribution in [0.3, 0.4) is 0 Å². The van der Waals surface area contributed by atoms with Gasteiger partial charge in [-0.3, -0.25) is 4.98 Å². The summed E-state index contributed by atoms with van der Waals surface area (Å²) in [5, 5.41) is 14.7. The van der Waals surface area contributed by atoms with E-state index in [1.54, 1.807) is 36.6 Å². The number of aliphatic hydroxyl groups is 1. The van der Waals surface area contributed by atoms with Crippen LogP contribution < -0.4 is 10.1 Å². The summed E-state index contributed by atoms with van der Waals surface area (Å²) in [7, 11) is 0. The fourth-order valence-electron chi connectivity index (χ4n) is 3.95. The predicted molar refractivity (Wildman–Crippen MR) is 118 cm³/mol. The molecule has 0 spiro atoms. The highest BCUT2D eigenvalue weighted by Crippen LogP contribution is 2.45. The first-order chi connectivity index (χ1) is 14.7. The Balaban J connectivity index is 1.85. The largest absolute Gasteiger partial charge is 0.493 e. The smallest absolute Gasteiger partial charge is 0.420 e. The number of thioether (sulfide) groups is 1. The van der Waals surface area contributed by atoms with Gasteiger partial charge in [-0.25, -0.2) is 0 Å². The van der Waals surface area contributed by atoms with Crippen LogP contribution in [0, 0.1) is 6.92 Å². The Morgan fingerprint density at radius 2 is 2.00 bits per heavy atom. The Kier molecular flexibility index (Phi) is 5.79. The Labute approximate surface area is 182 Å². The molecular formula is C23H23F3N2O2S. The van der Waals surface area contributed by atoms with Gasteiger partial charge in [0.1, 0.15) is 5.75 Å². The molecule has 164 valence electrons. The number of anilines is 1. The standard InChI is InChI=1S/C23H23F3N2O2S/c1-14-6-8-17-18(27-14)4-3-5-19(17)28-21(22(29,13-31-2)23(24,25)26)16-7-9-20-15(12-16)10-11-30-20/h3-9,12,21,28-29H,10-11,13H2,1-2H3. The van der Waals surface area contributed by atoms with Crippen molar-refractivity contribution >= 4 is 28.4 Å². The van der Waals surface area contributed by atoms with E-state index in [1.165, 1.54) is 0 Å². The van der Waals surface area contributed by atoms with Crippen molar-refractivity contribution in [1.82, 2.24) is 4.98 Å². The number of hydrogen-bond donors (Lipinski definition) is 2. The van der Waals surface area contributed by atoms with Crippen LogP contribution in [0.25, 0.3) is 10.9 Å². The summed E-state index contributed by atoms with van der Waals surface area (Å²) in [5.41, 5.74) is 0.180. The number of halogens is 3. The maximum atomic E-state index is 14.2. The molecule has 2 atom stereocenters. The van der Waals surface area contributed by atoms with Crippen molar-refractivity contribution in [2.45, 2.75) is 31.2 Å². The number of hydrogen-bond acceptors (Lipinski definition) is 5. The number of benzene rings is 2. The molecule has 0 amide bonds. The van der Waals surface area contributed by atoms with Crippen LogP contribution in [0.1, 0.15) is 22.9 Å². The number of ether oxygens (including phenoxy) is 1. The minimum Gasteiger partial charge on any atom is -0.493 e. The zero-order valence-electron chi connectivity index (χ0n) is 17.2. The average molecular weight is 449 g/mol.